The van der Waals surface area contributed by atoms with Crippen molar-refractivity contribution in [3.63, 3.8) is 0 Å². The zero-order chi connectivity index (χ0) is 8.10. The Hall–Kier alpha value is -0.640. The van der Waals surface area contributed by atoms with Crippen molar-refractivity contribution in [1.29, 1.82) is 0 Å². The third-order valence-electron chi connectivity index (χ3n) is 1.70. The van der Waals surface area contributed by atoms with Crippen LogP contribution in [-0.2, 0) is 12.8 Å². The highest BCUT2D eigenvalue weighted by molar-refractivity contribution is 7.51. The highest BCUT2D eigenvalue weighted by Gasteiger charge is 2.05. The van der Waals surface area contributed by atoms with Gasteiger partial charge in [-0.25, -0.2) is 4.10 Å². The van der Waals surface area contributed by atoms with Gasteiger partial charge >= 0.3 is 0 Å². The molecule has 0 amide bonds. The molecular formula is C7H13N3S. The van der Waals surface area contributed by atoms with Crippen LogP contribution in [0.5, 0.6) is 0 Å². The molecule has 4 heteroatoms. The molecule has 0 atom stereocenters. The minimum atomic E-state index is 1.06. The summed E-state index contributed by atoms with van der Waals surface area (Å²) < 4.78 is 1.50. The van der Waals surface area contributed by atoms with Gasteiger partial charge in [-0.05, 0) is 25.3 Å². The van der Waals surface area contributed by atoms with E-state index in [2.05, 4.69) is 16.7 Å². The third-order valence-corrected chi connectivity index (χ3v) is 2.02. The van der Waals surface area contributed by atoms with Crippen LogP contribution in [0, 0.1) is 0 Å². The van der Waals surface area contributed by atoms with E-state index < -0.39 is 0 Å². The minimum absolute atomic E-state index is 1.06. The van der Waals surface area contributed by atoms with Gasteiger partial charge in [0.2, 0.25) is 0 Å². The van der Waals surface area contributed by atoms with Gasteiger partial charge in [0.25, 0.3) is 0 Å². The molecule has 1 N–H and O–H groups in total. The standard InChI is InChI=1S/C7H13N3S/c1-8-9-10(11)7-5-3-2-4-6-7/h5,8H,2-4,6H2,1H3. The summed E-state index contributed by atoms with van der Waals surface area (Å²) in [7, 11) is 1.75. The smallest absolute Gasteiger partial charge is 0.102 e. The summed E-state index contributed by atoms with van der Waals surface area (Å²) in [6.45, 7) is 0. The van der Waals surface area contributed by atoms with E-state index >= 15 is 0 Å². The maximum absolute atomic E-state index is 4.99. The van der Waals surface area contributed by atoms with E-state index in [0.717, 1.165) is 18.5 Å². The lowest BCUT2D eigenvalue weighted by molar-refractivity contribution is -0.380. The van der Waals surface area contributed by atoms with Gasteiger partial charge in [0, 0.05) is 6.42 Å². The summed E-state index contributed by atoms with van der Waals surface area (Å²) in [4.78, 5) is 0. The average molecular weight is 171 g/mol. The molecule has 0 saturated carbocycles. The SMILES string of the molecule is CNN=[N+]([S-])C1=CCCCC1. The molecule has 1 aliphatic carbocycles. The molecule has 0 heterocycles. The van der Waals surface area contributed by atoms with E-state index in [4.69, 9.17) is 12.8 Å². The quantitative estimate of drug-likeness (QED) is 0.295. The molecule has 0 aliphatic heterocycles. The lowest BCUT2D eigenvalue weighted by Gasteiger charge is -2.14. The highest BCUT2D eigenvalue weighted by atomic mass is 32.1. The maximum Gasteiger partial charge on any atom is 0.102 e. The van der Waals surface area contributed by atoms with Gasteiger partial charge in [0.1, 0.15) is 5.70 Å². The molecule has 0 unspecified atom stereocenters. The van der Waals surface area contributed by atoms with E-state index in [0.29, 0.717) is 0 Å². The summed E-state index contributed by atoms with van der Waals surface area (Å²) in [6, 6.07) is 0. The van der Waals surface area contributed by atoms with E-state index in [1.807, 2.05) is 0 Å². The van der Waals surface area contributed by atoms with Crippen LogP contribution in [0.2, 0.25) is 0 Å². The topological polar surface area (TPSA) is 27.4 Å². The molecular weight excluding hydrogens is 158 g/mol. The van der Waals surface area contributed by atoms with E-state index in [1.54, 1.807) is 7.05 Å². The zero-order valence-electron chi connectivity index (χ0n) is 6.71. The first-order valence-electron chi connectivity index (χ1n) is 3.88. The first-order chi connectivity index (χ1) is 5.34. The van der Waals surface area contributed by atoms with Crippen molar-refractivity contribution in [2.24, 2.45) is 5.22 Å². The molecule has 3 nitrogen and oxygen atoms in total. The van der Waals surface area contributed by atoms with Crippen molar-refractivity contribution in [3.05, 3.63) is 11.8 Å². The number of rotatable bonds is 2. The van der Waals surface area contributed by atoms with Crippen molar-refractivity contribution < 1.29 is 4.10 Å². The molecule has 0 fully saturated rings. The molecule has 0 radical (unpaired) electrons. The number of nitrogens with zero attached hydrogens (tertiary/aromatic N) is 2. The molecule has 0 saturated heterocycles. The fraction of sp³-hybridized carbons (Fsp3) is 0.714. The lowest BCUT2D eigenvalue weighted by atomic mass is 10.1. The second-order valence-electron chi connectivity index (χ2n) is 2.54. The molecule has 0 aromatic carbocycles. The number of nitrogens with one attached hydrogen (secondary N) is 1. The second kappa shape index (κ2) is 4.28. The highest BCUT2D eigenvalue weighted by Crippen LogP contribution is 2.17. The predicted octanol–water partition coefficient (Wildman–Crippen LogP) is 1.51. The molecule has 0 bridgehead atoms. The van der Waals surface area contributed by atoms with Crippen LogP contribution in [0.1, 0.15) is 25.7 Å². The van der Waals surface area contributed by atoms with Crippen LogP contribution in [0.3, 0.4) is 0 Å². The largest absolute Gasteiger partial charge is 0.527 e. The van der Waals surface area contributed by atoms with Gasteiger partial charge in [0.15, 0.2) is 0 Å². The lowest BCUT2D eigenvalue weighted by Crippen LogP contribution is -2.09. The number of allylic oxidation sites excluding steroid dienone is 2. The Bertz CT molecular complexity index is 186. The Kier molecular flexibility index (Phi) is 3.29. The Labute approximate surface area is 72.7 Å². The Morgan fingerprint density at radius 2 is 2.45 bits per heavy atom. The van der Waals surface area contributed by atoms with Crippen LogP contribution in [-0.4, -0.2) is 11.2 Å². The Morgan fingerprint density at radius 3 is 3.00 bits per heavy atom. The Balaban J connectivity index is 2.58. The molecule has 0 aromatic rings. The van der Waals surface area contributed by atoms with Crippen molar-refractivity contribution in [2.45, 2.75) is 25.7 Å². The van der Waals surface area contributed by atoms with E-state index in [1.165, 1.54) is 16.9 Å². The van der Waals surface area contributed by atoms with Gasteiger partial charge in [-0.15, -0.1) is 0 Å². The summed E-state index contributed by atoms with van der Waals surface area (Å²) in [6.07, 6.45) is 6.89. The summed E-state index contributed by atoms with van der Waals surface area (Å²) >= 11 is 4.99. The van der Waals surface area contributed by atoms with Gasteiger partial charge in [-0.2, -0.15) is 5.43 Å². The molecule has 11 heavy (non-hydrogen) atoms. The minimum Gasteiger partial charge on any atom is -0.527 e. The molecule has 1 rings (SSSR count). The van der Waals surface area contributed by atoms with Crippen LogP contribution < -0.4 is 5.43 Å². The molecule has 1 aliphatic rings. The van der Waals surface area contributed by atoms with E-state index in [9.17, 15) is 0 Å². The van der Waals surface area contributed by atoms with Crippen LogP contribution in [0.4, 0.5) is 0 Å². The van der Waals surface area contributed by atoms with Gasteiger partial charge in [0.05, 0.1) is 12.3 Å². The Morgan fingerprint density at radius 1 is 1.64 bits per heavy atom. The summed E-state index contributed by atoms with van der Waals surface area (Å²) in [5.41, 5.74) is 3.82. The van der Waals surface area contributed by atoms with Crippen molar-refractivity contribution in [2.75, 3.05) is 7.05 Å². The fourth-order valence-corrected chi connectivity index (χ4v) is 1.40. The molecule has 0 aromatic heterocycles. The van der Waals surface area contributed by atoms with E-state index in [-0.39, 0.29) is 0 Å². The average Bonchev–Trinajstić information content (AvgIpc) is 2.07. The van der Waals surface area contributed by atoms with Gasteiger partial charge in [-0.1, -0.05) is 0 Å². The maximum atomic E-state index is 4.99. The number of hydrogen-bond donors (Lipinski definition) is 1. The predicted molar refractivity (Wildman–Crippen MR) is 45.7 cm³/mol. The van der Waals surface area contributed by atoms with Crippen molar-refractivity contribution in [1.82, 2.24) is 5.43 Å². The van der Waals surface area contributed by atoms with Crippen molar-refractivity contribution >= 4 is 12.8 Å². The summed E-state index contributed by atoms with van der Waals surface area (Å²) in [5, 5.41) is 3.88. The fourth-order valence-electron chi connectivity index (χ4n) is 1.15. The molecule has 0 spiro atoms. The zero-order valence-corrected chi connectivity index (χ0v) is 7.52. The normalized spacial score (nSPS) is 19.4. The van der Waals surface area contributed by atoms with Gasteiger partial charge < -0.3 is 12.8 Å². The van der Waals surface area contributed by atoms with Gasteiger partial charge in [-0.3, -0.25) is 0 Å². The third kappa shape index (κ3) is 2.46. The molecule has 62 valence electrons. The summed E-state index contributed by atoms with van der Waals surface area (Å²) in [5.74, 6) is 0. The number of hydrogen-bond acceptors (Lipinski definition) is 2. The first-order valence-corrected chi connectivity index (χ1v) is 4.25. The van der Waals surface area contributed by atoms with Crippen LogP contribution >= 0.6 is 0 Å². The second-order valence-corrected chi connectivity index (χ2v) is 2.88. The van der Waals surface area contributed by atoms with Crippen molar-refractivity contribution in [3.8, 4) is 0 Å². The van der Waals surface area contributed by atoms with Crippen LogP contribution in [0.15, 0.2) is 17.0 Å². The van der Waals surface area contributed by atoms with Crippen LogP contribution in [0.25, 0.3) is 0 Å². The monoisotopic (exact) mass is 171 g/mol. The first kappa shape index (κ1) is 8.46.